The van der Waals surface area contributed by atoms with Crippen LogP contribution >= 0.6 is 0 Å². The smallest absolute Gasteiger partial charge is 0.117 e. The fraction of sp³-hybridized carbons (Fsp3) is 0.714. The van der Waals surface area contributed by atoms with Gasteiger partial charge in [-0.1, -0.05) is 13.8 Å². The predicted molar refractivity (Wildman–Crippen MR) is 69.9 cm³/mol. The van der Waals surface area contributed by atoms with Gasteiger partial charge in [0, 0.05) is 24.7 Å². The monoisotopic (exact) mass is 236 g/mol. The van der Waals surface area contributed by atoms with Gasteiger partial charge < -0.3 is 9.73 Å². The van der Waals surface area contributed by atoms with Crippen LogP contribution in [0.4, 0.5) is 0 Å². The summed E-state index contributed by atoms with van der Waals surface area (Å²) in [4.78, 5) is 2.55. The molecular formula is C14H24N2O. The number of rotatable bonds is 4. The van der Waals surface area contributed by atoms with Gasteiger partial charge in [0.05, 0.1) is 12.8 Å². The molecule has 3 heteroatoms. The molecule has 0 aromatic carbocycles. The van der Waals surface area contributed by atoms with E-state index in [4.69, 9.17) is 4.42 Å². The maximum absolute atomic E-state index is 5.47. The predicted octanol–water partition coefficient (Wildman–Crippen LogP) is 2.63. The topological polar surface area (TPSA) is 28.4 Å². The highest BCUT2D eigenvalue weighted by atomic mass is 16.3. The zero-order valence-electron chi connectivity index (χ0n) is 11.2. The lowest BCUT2D eigenvalue weighted by molar-refractivity contribution is 0.0696. The first-order valence-corrected chi connectivity index (χ1v) is 6.68. The molecule has 1 N–H and O–H groups in total. The lowest BCUT2D eigenvalue weighted by atomic mass is 9.92. The van der Waals surface area contributed by atoms with Crippen molar-refractivity contribution < 1.29 is 4.42 Å². The summed E-state index contributed by atoms with van der Waals surface area (Å²) in [7, 11) is 0. The third-order valence-corrected chi connectivity index (χ3v) is 4.02. The third-order valence-electron chi connectivity index (χ3n) is 4.02. The number of nitrogens with one attached hydrogen (secondary N) is 1. The summed E-state index contributed by atoms with van der Waals surface area (Å²) < 4.78 is 5.47. The van der Waals surface area contributed by atoms with Crippen LogP contribution in [0.15, 0.2) is 22.8 Å². The van der Waals surface area contributed by atoms with Crippen molar-refractivity contribution in [2.75, 3.05) is 13.1 Å². The van der Waals surface area contributed by atoms with Crippen molar-refractivity contribution in [1.82, 2.24) is 10.2 Å². The average molecular weight is 236 g/mol. The van der Waals surface area contributed by atoms with Crippen molar-refractivity contribution in [3.05, 3.63) is 24.2 Å². The van der Waals surface area contributed by atoms with Crippen LogP contribution in [-0.2, 0) is 6.54 Å². The molecule has 2 rings (SSSR count). The van der Waals surface area contributed by atoms with Crippen LogP contribution in [0.1, 0.15) is 39.4 Å². The van der Waals surface area contributed by atoms with E-state index in [0.717, 1.165) is 31.8 Å². The summed E-state index contributed by atoms with van der Waals surface area (Å²) in [6, 6.07) is 4.66. The number of hydrogen-bond acceptors (Lipinski definition) is 3. The van der Waals surface area contributed by atoms with Crippen LogP contribution in [-0.4, -0.2) is 29.6 Å². The summed E-state index contributed by atoms with van der Waals surface area (Å²) in [5.74, 6) is 1.07. The Kier molecular flexibility index (Phi) is 3.89. The van der Waals surface area contributed by atoms with Crippen LogP contribution in [0.2, 0.25) is 0 Å². The van der Waals surface area contributed by atoms with E-state index < -0.39 is 0 Å². The van der Waals surface area contributed by atoms with Gasteiger partial charge in [0.25, 0.3) is 0 Å². The van der Waals surface area contributed by atoms with Crippen molar-refractivity contribution in [3.8, 4) is 0 Å². The minimum atomic E-state index is 0.248. The summed E-state index contributed by atoms with van der Waals surface area (Å²) in [6.07, 6.45) is 4.11. The molecule has 0 spiro atoms. The second kappa shape index (κ2) is 5.23. The standard InChI is InChI=1S/C14H24N2O/c1-4-12-9-15-14(3,5-2)11-16(12)10-13-7-6-8-17-13/h6-8,12,15H,4-5,9-11H2,1-3H3. The fourth-order valence-corrected chi connectivity index (χ4v) is 2.55. The second-order valence-electron chi connectivity index (χ2n) is 5.34. The lowest BCUT2D eigenvalue weighted by Crippen LogP contribution is -2.62. The average Bonchev–Trinajstić information content (AvgIpc) is 2.82. The Morgan fingerprint density at radius 1 is 1.53 bits per heavy atom. The Hall–Kier alpha value is -0.800. The van der Waals surface area contributed by atoms with Gasteiger partial charge in [-0.2, -0.15) is 0 Å². The molecule has 0 aliphatic carbocycles. The molecular weight excluding hydrogens is 212 g/mol. The van der Waals surface area contributed by atoms with Crippen LogP contribution in [0.3, 0.4) is 0 Å². The molecule has 1 aromatic heterocycles. The molecule has 2 heterocycles. The maximum atomic E-state index is 5.47. The molecule has 1 aliphatic rings. The minimum Gasteiger partial charge on any atom is -0.468 e. The highest BCUT2D eigenvalue weighted by Crippen LogP contribution is 2.22. The molecule has 17 heavy (non-hydrogen) atoms. The van der Waals surface area contributed by atoms with Crippen molar-refractivity contribution in [2.45, 2.75) is 51.7 Å². The molecule has 0 bridgehead atoms. The summed E-state index contributed by atoms with van der Waals surface area (Å²) >= 11 is 0. The first-order valence-electron chi connectivity index (χ1n) is 6.68. The normalized spacial score (nSPS) is 30.6. The highest BCUT2D eigenvalue weighted by Gasteiger charge is 2.33. The summed E-state index contributed by atoms with van der Waals surface area (Å²) in [6.45, 7) is 9.95. The van der Waals surface area contributed by atoms with Gasteiger partial charge in [0.2, 0.25) is 0 Å². The molecule has 0 saturated carbocycles. The van der Waals surface area contributed by atoms with Gasteiger partial charge in [0.1, 0.15) is 5.76 Å². The third kappa shape index (κ3) is 2.90. The Morgan fingerprint density at radius 2 is 2.35 bits per heavy atom. The van der Waals surface area contributed by atoms with Crippen molar-refractivity contribution in [3.63, 3.8) is 0 Å². The molecule has 1 fully saturated rings. The van der Waals surface area contributed by atoms with Crippen molar-refractivity contribution >= 4 is 0 Å². The van der Waals surface area contributed by atoms with E-state index in [0.29, 0.717) is 6.04 Å². The van der Waals surface area contributed by atoms with E-state index in [1.807, 2.05) is 6.07 Å². The molecule has 1 saturated heterocycles. The Balaban J connectivity index is 2.05. The number of nitrogens with zero attached hydrogens (tertiary/aromatic N) is 1. The first kappa shape index (κ1) is 12.7. The quantitative estimate of drug-likeness (QED) is 0.871. The van der Waals surface area contributed by atoms with Gasteiger partial charge in [0.15, 0.2) is 0 Å². The molecule has 1 aliphatic heterocycles. The zero-order chi connectivity index (χ0) is 12.3. The van der Waals surface area contributed by atoms with Crippen LogP contribution in [0.5, 0.6) is 0 Å². The second-order valence-corrected chi connectivity index (χ2v) is 5.34. The van der Waals surface area contributed by atoms with Crippen LogP contribution < -0.4 is 5.32 Å². The molecule has 2 atom stereocenters. The molecule has 0 radical (unpaired) electrons. The van der Waals surface area contributed by atoms with Gasteiger partial charge in [-0.3, -0.25) is 4.90 Å². The van der Waals surface area contributed by atoms with Gasteiger partial charge in [-0.05, 0) is 31.9 Å². The minimum absolute atomic E-state index is 0.248. The van der Waals surface area contributed by atoms with Gasteiger partial charge in [-0.15, -0.1) is 0 Å². The number of furan rings is 1. The van der Waals surface area contributed by atoms with E-state index in [2.05, 4.69) is 37.1 Å². The zero-order valence-corrected chi connectivity index (χ0v) is 11.2. The molecule has 96 valence electrons. The van der Waals surface area contributed by atoms with E-state index >= 15 is 0 Å². The Morgan fingerprint density at radius 3 is 2.94 bits per heavy atom. The molecule has 0 amide bonds. The van der Waals surface area contributed by atoms with E-state index in [1.165, 1.54) is 6.42 Å². The fourth-order valence-electron chi connectivity index (χ4n) is 2.55. The highest BCUT2D eigenvalue weighted by molar-refractivity contribution is 5.01. The van der Waals surface area contributed by atoms with Gasteiger partial charge >= 0.3 is 0 Å². The Bertz CT molecular complexity index is 336. The van der Waals surface area contributed by atoms with E-state index in [-0.39, 0.29) is 5.54 Å². The van der Waals surface area contributed by atoms with Crippen LogP contribution in [0, 0.1) is 0 Å². The van der Waals surface area contributed by atoms with Gasteiger partial charge in [-0.25, -0.2) is 0 Å². The van der Waals surface area contributed by atoms with Crippen molar-refractivity contribution in [1.29, 1.82) is 0 Å². The van der Waals surface area contributed by atoms with E-state index in [9.17, 15) is 0 Å². The maximum Gasteiger partial charge on any atom is 0.117 e. The lowest BCUT2D eigenvalue weighted by Gasteiger charge is -2.45. The first-order chi connectivity index (χ1) is 8.17. The SMILES string of the molecule is CCC1CNC(C)(CC)CN1Cc1ccco1. The number of piperazine rings is 1. The van der Waals surface area contributed by atoms with E-state index in [1.54, 1.807) is 6.26 Å². The summed E-state index contributed by atoms with van der Waals surface area (Å²) in [5.41, 5.74) is 0.248. The Labute approximate surface area is 104 Å². The molecule has 2 unspecified atom stereocenters. The summed E-state index contributed by atoms with van der Waals surface area (Å²) in [5, 5.41) is 3.68. The van der Waals surface area contributed by atoms with Crippen molar-refractivity contribution in [2.24, 2.45) is 0 Å². The van der Waals surface area contributed by atoms with Crippen LogP contribution in [0.25, 0.3) is 0 Å². The molecule has 3 nitrogen and oxygen atoms in total. The molecule has 1 aromatic rings. The number of hydrogen-bond donors (Lipinski definition) is 1. The largest absolute Gasteiger partial charge is 0.468 e.